The van der Waals surface area contributed by atoms with E-state index in [0.29, 0.717) is 5.91 Å². The van der Waals surface area contributed by atoms with Gasteiger partial charge in [0.15, 0.2) is 0 Å². The van der Waals surface area contributed by atoms with Gasteiger partial charge in [0.1, 0.15) is 0 Å². The molecule has 1 saturated heterocycles. The number of hydrogen-bond donors (Lipinski definition) is 0. The predicted molar refractivity (Wildman–Crippen MR) is 66.1 cm³/mol. The summed E-state index contributed by atoms with van der Waals surface area (Å²) in [5.74, 6) is 2.06. The van der Waals surface area contributed by atoms with Gasteiger partial charge >= 0.3 is 0 Å². The van der Waals surface area contributed by atoms with Crippen LogP contribution in [0.3, 0.4) is 0 Å². The highest BCUT2D eigenvalue weighted by Crippen LogP contribution is 2.37. The Kier molecular flexibility index (Phi) is 3.27. The van der Waals surface area contributed by atoms with Crippen molar-refractivity contribution in [2.75, 3.05) is 13.1 Å². The van der Waals surface area contributed by atoms with Gasteiger partial charge in [0.2, 0.25) is 5.91 Å². The fourth-order valence-electron chi connectivity index (χ4n) is 3.26. The summed E-state index contributed by atoms with van der Waals surface area (Å²) in [6, 6.07) is 0. The van der Waals surface area contributed by atoms with E-state index in [9.17, 15) is 4.79 Å². The standard InChI is InChI=1S/C14H25NO/c1-14(2,3)13(16)15-9-8-11-6-4-5-7-12(11)10-15/h11-12H,4-10H2,1-3H3/t11-,12+/m1/s1. The van der Waals surface area contributed by atoms with Crippen LogP contribution in [0.25, 0.3) is 0 Å². The molecule has 2 heteroatoms. The van der Waals surface area contributed by atoms with Crippen LogP contribution >= 0.6 is 0 Å². The molecule has 2 aliphatic rings. The fraction of sp³-hybridized carbons (Fsp3) is 0.929. The molecule has 0 aromatic rings. The Hall–Kier alpha value is -0.530. The van der Waals surface area contributed by atoms with E-state index < -0.39 is 0 Å². The van der Waals surface area contributed by atoms with E-state index in [2.05, 4.69) is 4.90 Å². The minimum absolute atomic E-state index is 0.207. The zero-order chi connectivity index (χ0) is 11.8. The third-order valence-electron chi connectivity index (χ3n) is 4.22. The van der Waals surface area contributed by atoms with E-state index in [-0.39, 0.29) is 5.41 Å². The maximum atomic E-state index is 12.2. The number of hydrogen-bond acceptors (Lipinski definition) is 1. The molecule has 2 nitrogen and oxygen atoms in total. The molecule has 2 atom stereocenters. The van der Waals surface area contributed by atoms with Gasteiger partial charge in [-0.15, -0.1) is 0 Å². The molecule has 0 spiro atoms. The summed E-state index contributed by atoms with van der Waals surface area (Å²) in [5, 5.41) is 0. The highest BCUT2D eigenvalue weighted by Gasteiger charge is 2.35. The Morgan fingerprint density at radius 3 is 2.31 bits per heavy atom. The van der Waals surface area contributed by atoms with Gasteiger partial charge in [-0.25, -0.2) is 0 Å². The van der Waals surface area contributed by atoms with Crippen molar-refractivity contribution in [1.82, 2.24) is 4.90 Å². The highest BCUT2D eigenvalue weighted by molar-refractivity contribution is 5.81. The number of fused-ring (bicyclic) bond motifs is 1. The van der Waals surface area contributed by atoms with Gasteiger partial charge in [0.05, 0.1) is 0 Å². The summed E-state index contributed by atoms with van der Waals surface area (Å²) in [7, 11) is 0. The van der Waals surface area contributed by atoms with E-state index in [1.54, 1.807) is 0 Å². The second-order valence-corrected chi connectivity index (χ2v) is 6.59. The molecule has 1 saturated carbocycles. The molecule has 1 amide bonds. The van der Waals surface area contributed by atoms with Crippen molar-refractivity contribution >= 4 is 5.91 Å². The summed E-state index contributed by atoms with van der Waals surface area (Å²) in [4.78, 5) is 14.3. The number of piperidine rings is 1. The van der Waals surface area contributed by atoms with Crippen LogP contribution in [0.2, 0.25) is 0 Å². The number of likely N-dealkylation sites (tertiary alicyclic amines) is 1. The van der Waals surface area contributed by atoms with E-state index >= 15 is 0 Å². The average Bonchev–Trinajstić information content (AvgIpc) is 2.26. The van der Waals surface area contributed by atoms with Gasteiger partial charge in [-0.05, 0) is 24.7 Å². The van der Waals surface area contributed by atoms with Crippen molar-refractivity contribution < 1.29 is 4.79 Å². The molecular weight excluding hydrogens is 198 g/mol. The minimum atomic E-state index is -0.207. The predicted octanol–water partition coefficient (Wildman–Crippen LogP) is 3.07. The molecule has 0 unspecified atom stereocenters. The second kappa shape index (κ2) is 4.38. The number of carbonyl (C=O) groups excluding carboxylic acids is 1. The zero-order valence-corrected chi connectivity index (χ0v) is 11.0. The average molecular weight is 223 g/mol. The summed E-state index contributed by atoms with van der Waals surface area (Å²) in [6.07, 6.45) is 6.78. The molecule has 0 aromatic heterocycles. The lowest BCUT2D eigenvalue weighted by Gasteiger charge is -2.43. The lowest BCUT2D eigenvalue weighted by Crippen LogP contribution is -2.48. The normalized spacial score (nSPS) is 31.1. The van der Waals surface area contributed by atoms with Crippen LogP contribution in [-0.2, 0) is 4.79 Å². The Balaban J connectivity index is 1.97. The van der Waals surface area contributed by atoms with Gasteiger partial charge < -0.3 is 4.90 Å². The van der Waals surface area contributed by atoms with Crippen molar-refractivity contribution in [1.29, 1.82) is 0 Å². The summed E-state index contributed by atoms with van der Waals surface area (Å²) in [6.45, 7) is 8.12. The number of carbonyl (C=O) groups is 1. The smallest absolute Gasteiger partial charge is 0.227 e. The zero-order valence-electron chi connectivity index (χ0n) is 11.0. The summed E-state index contributed by atoms with van der Waals surface area (Å²) >= 11 is 0. The van der Waals surface area contributed by atoms with Gasteiger partial charge in [0, 0.05) is 18.5 Å². The Bertz CT molecular complexity index is 266. The Labute approximate surface area is 99.4 Å². The van der Waals surface area contributed by atoms with Crippen LogP contribution in [0.15, 0.2) is 0 Å². The third kappa shape index (κ3) is 2.41. The summed E-state index contributed by atoms with van der Waals surface area (Å²) in [5.41, 5.74) is -0.207. The Morgan fingerprint density at radius 1 is 1.06 bits per heavy atom. The molecule has 16 heavy (non-hydrogen) atoms. The SMILES string of the molecule is CC(C)(C)C(=O)N1CC[C@H]2CCCC[C@H]2C1. The van der Waals surface area contributed by atoms with Crippen LogP contribution in [0, 0.1) is 17.3 Å². The van der Waals surface area contributed by atoms with E-state index in [1.165, 1.54) is 32.1 Å². The second-order valence-electron chi connectivity index (χ2n) is 6.59. The topological polar surface area (TPSA) is 20.3 Å². The molecule has 2 rings (SSSR count). The van der Waals surface area contributed by atoms with Gasteiger partial charge in [0.25, 0.3) is 0 Å². The monoisotopic (exact) mass is 223 g/mol. The van der Waals surface area contributed by atoms with Crippen molar-refractivity contribution in [2.24, 2.45) is 17.3 Å². The molecular formula is C14H25NO. The first-order valence-corrected chi connectivity index (χ1v) is 6.78. The number of rotatable bonds is 0. The molecule has 92 valence electrons. The van der Waals surface area contributed by atoms with Crippen LogP contribution in [0.4, 0.5) is 0 Å². The quantitative estimate of drug-likeness (QED) is 0.618. The Morgan fingerprint density at radius 2 is 1.69 bits per heavy atom. The van der Waals surface area contributed by atoms with Gasteiger partial charge in [-0.2, -0.15) is 0 Å². The van der Waals surface area contributed by atoms with E-state index in [0.717, 1.165) is 24.9 Å². The van der Waals surface area contributed by atoms with E-state index in [4.69, 9.17) is 0 Å². The molecule has 0 aromatic carbocycles. The molecule has 1 aliphatic heterocycles. The first-order chi connectivity index (χ1) is 7.48. The largest absolute Gasteiger partial charge is 0.342 e. The number of amides is 1. The minimum Gasteiger partial charge on any atom is -0.342 e. The molecule has 1 heterocycles. The molecule has 0 radical (unpaired) electrons. The van der Waals surface area contributed by atoms with Crippen molar-refractivity contribution in [3.05, 3.63) is 0 Å². The van der Waals surface area contributed by atoms with Gasteiger partial charge in [-0.3, -0.25) is 4.79 Å². The van der Waals surface area contributed by atoms with Crippen LogP contribution in [0.1, 0.15) is 52.9 Å². The molecule has 0 N–H and O–H groups in total. The molecule has 1 aliphatic carbocycles. The van der Waals surface area contributed by atoms with E-state index in [1.807, 2.05) is 20.8 Å². The first-order valence-electron chi connectivity index (χ1n) is 6.78. The molecule has 2 fully saturated rings. The fourth-order valence-corrected chi connectivity index (χ4v) is 3.26. The lowest BCUT2D eigenvalue weighted by molar-refractivity contribution is -0.142. The summed E-state index contributed by atoms with van der Waals surface area (Å²) < 4.78 is 0. The van der Waals surface area contributed by atoms with Crippen LogP contribution in [-0.4, -0.2) is 23.9 Å². The highest BCUT2D eigenvalue weighted by atomic mass is 16.2. The van der Waals surface area contributed by atoms with Crippen molar-refractivity contribution in [3.8, 4) is 0 Å². The maximum absolute atomic E-state index is 12.2. The first kappa shape index (κ1) is 11.9. The molecule has 0 bridgehead atoms. The van der Waals surface area contributed by atoms with Crippen LogP contribution in [0.5, 0.6) is 0 Å². The van der Waals surface area contributed by atoms with Gasteiger partial charge in [-0.1, -0.05) is 40.0 Å². The van der Waals surface area contributed by atoms with Crippen molar-refractivity contribution in [2.45, 2.75) is 52.9 Å². The third-order valence-corrected chi connectivity index (χ3v) is 4.22. The van der Waals surface area contributed by atoms with Crippen molar-refractivity contribution in [3.63, 3.8) is 0 Å². The maximum Gasteiger partial charge on any atom is 0.227 e. The number of nitrogens with zero attached hydrogens (tertiary/aromatic N) is 1. The lowest BCUT2D eigenvalue weighted by atomic mass is 9.74. The van der Waals surface area contributed by atoms with Crippen LogP contribution < -0.4 is 0 Å².